The molecule has 1 saturated heterocycles. The second kappa shape index (κ2) is 9.83. The number of carbonyl (C=O) groups excluding carboxylic acids is 2. The molecule has 2 aromatic heterocycles. The lowest BCUT2D eigenvalue weighted by atomic mass is 10.1. The number of alkyl halides is 6. The molecule has 34 heavy (non-hydrogen) atoms. The van der Waals surface area contributed by atoms with E-state index in [0.717, 1.165) is 6.07 Å². The van der Waals surface area contributed by atoms with Crippen molar-refractivity contribution in [3.8, 4) is 5.88 Å². The van der Waals surface area contributed by atoms with Gasteiger partial charge in [0, 0.05) is 30.6 Å². The Hall–Kier alpha value is -3.42. The summed E-state index contributed by atoms with van der Waals surface area (Å²) >= 11 is 0. The summed E-state index contributed by atoms with van der Waals surface area (Å²) in [6.45, 7) is 0.406. The first kappa shape index (κ1) is 25.2. The number of nitrogens with zero attached hydrogens (tertiary/aromatic N) is 3. The van der Waals surface area contributed by atoms with E-state index < -0.39 is 47.8 Å². The molecule has 1 fully saturated rings. The monoisotopic (exact) mass is 492 g/mol. The van der Waals surface area contributed by atoms with Crippen LogP contribution in [0.2, 0.25) is 0 Å². The van der Waals surface area contributed by atoms with Crippen LogP contribution in [-0.4, -0.2) is 52.1 Å². The lowest BCUT2D eigenvalue weighted by molar-refractivity contribution is -0.205. The number of nitrogens with two attached hydrogens (primary N) is 1. The zero-order chi connectivity index (χ0) is 25.1. The smallest absolute Gasteiger partial charge is 0.472 e. The summed E-state index contributed by atoms with van der Waals surface area (Å²) in [6.07, 6.45) is -9.57. The van der Waals surface area contributed by atoms with Crippen molar-refractivity contribution in [1.29, 1.82) is 0 Å². The van der Waals surface area contributed by atoms with E-state index in [-0.39, 0.29) is 12.5 Å². The predicted octanol–water partition coefficient (Wildman–Crippen LogP) is 3.24. The minimum absolute atomic E-state index is 0.0239. The maximum absolute atomic E-state index is 13.3. The summed E-state index contributed by atoms with van der Waals surface area (Å²) in [7, 11) is 0. The minimum Gasteiger partial charge on any atom is -0.472 e. The third-order valence-corrected chi connectivity index (χ3v) is 4.77. The fraction of sp³-hybridized carbons (Fsp3) is 0.400. The summed E-state index contributed by atoms with van der Waals surface area (Å²) in [6, 6.07) is 4.35. The summed E-state index contributed by atoms with van der Waals surface area (Å²) in [5.74, 6) is -3.60. The van der Waals surface area contributed by atoms with Crippen molar-refractivity contribution in [2.75, 3.05) is 13.1 Å². The summed E-state index contributed by atoms with van der Waals surface area (Å²) < 4.78 is 86.7. The number of piperidine rings is 1. The molecule has 1 unspecified atom stereocenters. The quantitative estimate of drug-likeness (QED) is 0.388. The van der Waals surface area contributed by atoms with Gasteiger partial charge in [-0.2, -0.15) is 26.3 Å². The summed E-state index contributed by atoms with van der Waals surface area (Å²) in [4.78, 5) is 32.3. The molecular formula is C20H18F6N4O4. The zero-order valence-electron chi connectivity index (χ0n) is 17.3. The molecule has 14 heteroatoms. The van der Waals surface area contributed by atoms with Gasteiger partial charge in [0.1, 0.15) is 11.8 Å². The first-order chi connectivity index (χ1) is 15.8. The van der Waals surface area contributed by atoms with Gasteiger partial charge >= 0.3 is 18.3 Å². The fourth-order valence-electron chi connectivity index (χ4n) is 3.21. The van der Waals surface area contributed by atoms with Crippen LogP contribution in [-0.2, 0) is 15.7 Å². The van der Waals surface area contributed by atoms with Crippen LogP contribution >= 0.6 is 0 Å². The van der Waals surface area contributed by atoms with E-state index in [1.54, 1.807) is 12.1 Å². The van der Waals surface area contributed by atoms with Crippen LogP contribution in [0.25, 0.3) is 0 Å². The Balaban J connectivity index is 1.79. The Bertz CT molecular complexity index is 1030. The molecule has 2 N–H and O–H groups in total. The Morgan fingerprint density at radius 2 is 1.91 bits per heavy atom. The maximum atomic E-state index is 13.3. The molecule has 2 atom stereocenters. The van der Waals surface area contributed by atoms with Gasteiger partial charge in [-0.05, 0) is 31.0 Å². The van der Waals surface area contributed by atoms with Gasteiger partial charge in [0.05, 0.1) is 12.1 Å². The highest BCUT2D eigenvalue weighted by Crippen LogP contribution is 2.32. The molecule has 0 aliphatic carbocycles. The van der Waals surface area contributed by atoms with Crippen LogP contribution in [0.5, 0.6) is 5.88 Å². The van der Waals surface area contributed by atoms with Crippen LogP contribution in [0, 0.1) is 0 Å². The molecule has 0 aromatic carbocycles. The average Bonchev–Trinajstić information content (AvgIpc) is 2.78. The van der Waals surface area contributed by atoms with Crippen LogP contribution < -0.4 is 10.5 Å². The van der Waals surface area contributed by atoms with Crippen LogP contribution in [0.1, 0.15) is 40.7 Å². The number of amides is 1. The number of aromatic nitrogens is 2. The molecular weight excluding hydrogens is 474 g/mol. The van der Waals surface area contributed by atoms with Gasteiger partial charge in [0.25, 0.3) is 5.91 Å². The van der Waals surface area contributed by atoms with Gasteiger partial charge in [0.15, 0.2) is 6.23 Å². The Labute approximate surface area is 188 Å². The average molecular weight is 492 g/mol. The third kappa shape index (κ3) is 6.34. The maximum Gasteiger partial charge on any atom is 0.490 e. The largest absolute Gasteiger partial charge is 0.490 e. The lowest BCUT2D eigenvalue weighted by Gasteiger charge is -2.32. The predicted molar refractivity (Wildman–Crippen MR) is 102 cm³/mol. The lowest BCUT2D eigenvalue weighted by Crippen LogP contribution is -2.44. The molecule has 2 aromatic rings. The number of esters is 1. The number of ether oxygens (including phenoxy) is 2. The Morgan fingerprint density at radius 3 is 2.53 bits per heavy atom. The number of likely N-dealkylation sites (tertiary alicyclic amines) is 1. The van der Waals surface area contributed by atoms with Gasteiger partial charge in [-0.15, -0.1) is 0 Å². The molecule has 184 valence electrons. The SMILES string of the molecule is NC(OC(=O)C(F)(F)F)c1cc(O[C@H]2CCCN(C(=O)c3cccnc3)C2)nc(C(F)(F)F)c1. The van der Waals surface area contributed by atoms with Gasteiger partial charge in [-0.1, -0.05) is 0 Å². The standard InChI is InChI=1S/C20H18F6N4O4/c21-19(22,23)14-7-12(16(27)34-18(32)20(24,25)26)8-15(29-14)33-13-4-2-6-30(10-13)17(31)11-3-1-5-28-9-11/h1,3,5,7-9,13,16H,2,4,6,10,27H2/t13-,16?/m0/s1. The number of pyridine rings is 2. The van der Waals surface area contributed by atoms with Crippen molar-refractivity contribution in [2.45, 2.75) is 37.5 Å². The molecule has 0 radical (unpaired) electrons. The van der Waals surface area contributed by atoms with Crippen molar-refractivity contribution >= 4 is 11.9 Å². The molecule has 1 aliphatic rings. The van der Waals surface area contributed by atoms with Crippen molar-refractivity contribution in [3.05, 3.63) is 53.5 Å². The molecule has 3 rings (SSSR count). The van der Waals surface area contributed by atoms with Gasteiger partial charge in [0.2, 0.25) is 5.88 Å². The van der Waals surface area contributed by atoms with E-state index in [2.05, 4.69) is 14.7 Å². The zero-order valence-corrected chi connectivity index (χ0v) is 17.3. The molecule has 0 saturated carbocycles. The van der Waals surface area contributed by atoms with Crippen molar-refractivity contribution in [1.82, 2.24) is 14.9 Å². The highest BCUT2D eigenvalue weighted by Gasteiger charge is 2.42. The van der Waals surface area contributed by atoms with E-state index in [9.17, 15) is 35.9 Å². The van der Waals surface area contributed by atoms with Crippen LogP contribution in [0.15, 0.2) is 36.7 Å². The van der Waals surface area contributed by atoms with E-state index in [1.807, 2.05) is 0 Å². The van der Waals surface area contributed by atoms with E-state index in [4.69, 9.17) is 10.5 Å². The first-order valence-corrected chi connectivity index (χ1v) is 9.83. The van der Waals surface area contributed by atoms with Gasteiger partial charge in [-0.25, -0.2) is 9.78 Å². The Kier molecular flexibility index (Phi) is 7.29. The molecule has 1 amide bonds. The minimum atomic E-state index is -5.39. The highest BCUT2D eigenvalue weighted by atomic mass is 19.4. The molecule has 1 aliphatic heterocycles. The van der Waals surface area contributed by atoms with Crippen LogP contribution in [0.3, 0.4) is 0 Å². The van der Waals surface area contributed by atoms with Crippen LogP contribution in [0.4, 0.5) is 26.3 Å². The molecule has 3 heterocycles. The molecule has 0 spiro atoms. The van der Waals surface area contributed by atoms with Crippen molar-refractivity contribution in [3.63, 3.8) is 0 Å². The Morgan fingerprint density at radius 1 is 1.18 bits per heavy atom. The topological polar surface area (TPSA) is 108 Å². The van der Waals surface area contributed by atoms with Crippen molar-refractivity contribution in [2.24, 2.45) is 5.73 Å². The van der Waals surface area contributed by atoms with Crippen molar-refractivity contribution < 1.29 is 45.4 Å². The second-order valence-electron chi connectivity index (χ2n) is 7.32. The summed E-state index contributed by atoms with van der Waals surface area (Å²) in [5, 5.41) is 0. The second-order valence-corrected chi connectivity index (χ2v) is 7.32. The number of hydrogen-bond acceptors (Lipinski definition) is 7. The normalized spacial score (nSPS) is 17.7. The van der Waals surface area contributed by atoms with Gasteiger partial charge in [-0.3, -0.25) is 15.5 Å². The summed E-state index contributed by atoms with van der Waals surface area (Å²) in [5.41, 5.74) is 3.60. The van der Waals surface area contributed by atoms with E-state index in [1.165, 1.54) is 17.3 Å². The molecule has 8 nitrogen and oxygen atoms in total. The third-order valence-electron chi connectivity index (χ3n) is 4.77. The fourth-order valence-corrected chi connectivity index (χ4v) is 3.21. The first-order valence-electron chi connectivity index (χ1n) is 9.83. The number of halogens is 6. The molecule has 0 bridgehead atoms. The number of carbonyl (C=O) groups is 2. The van der Waals surface area contributed by atoms with Gasteiger partial charge < -0.3 is 14.4 Å². The number of hydrogen-bond donors (Lipinski definition) is 1. The van der Waals surface area contributed by atoms with E-state index in [0.29, 0.717) is 31.0 Å². The number of rotatable bonds is 5. The van der Waals surface area contributed by atoms with E-state index >= 15 is 0 Å². The highest BCUT2D eigenvalue weighted by molar-refractivity contribution is 5.93.